The van der Waals surface area contributed by atoms with Gasteiger partial charge in [-0.05, 0) is 53.4 Å². The molecule has 1 aromatic carbocycles. The zero-order valence-electron chi connectivity index (χ0n) is 13.9. The van der Waals surface area contributed by atoms with Crippen LogP contribution < -0.4 is 9.89 Å². The number of hydrogen-bond donors (Lipinski definition) is 0. The van der Waals surface area contributed by atoms with Crippen LogP contribution in [0.4, 0.5) is 4.39 Å². The lowest BCUT2D eigenvalue weighted by Crippen LogP contribution is -2.41. The van der Waals surface area contributed by atoms with E-state index in [0.717, 1.165) is 0 Å². The highest BCUT2D eigenvalue weighted by Gasteiger charge is 2.52. The van der Waals surface area contributed by atoms with Crippen LogP contribution in [0.15, 0.2) is 18.2 Å². The van der Waals surface area contributed by atoms with E-state index in [-0.39, 0.29) is 11.6 Å². The molecule has 0 unspecified atom stereocenters. The Morgan fingerprint density at radius 2 is 1.57 bits per heavy atom. The molecular weight excluding hydrogens is 286 g/mol. The van der Waals surface area contributed by atoms with Gasteiger partial charge in [0.15, 0.2) is 5.82 Å². The Hall–Kier alpha value is -0.848. The lowest BCUT2D eigenvalue weighted by atomic mass is 9.78. The second-order valence-corrected chi connectivity index (χ2v) is 11.9. The van der Waals surface area contributed by atoms with Gasteiger partial charge in [0, 0.05) is 5.46 Å². The van der Waals surface area contributed by atoms with E-state index in [1.807, 2.05) is 47.3 Å². The smallest absolute Gasteiger partial charge is 0.498 e. The maximum Gasteiger partial charge on any atom is 0.498 e. The Bertz CT molecular complexity index is 524. The summed E-state index contributed by atoms with van der Waals surface area (Å²) in [5.41, 5.74) is -0.294. The third-order valence-corrected chi connectivity index (χ3v) is 4.73. The minimum Gasteiger partial charge on any atom is -0.543 e. The second kappa shape index (κ2) is 5.11. The summed E-state index contributed by atoms with van der Waals surface area (Å²) in [7, 11) is -2.55. The van der Waals surface area contributed by atoms with Gasteiger partial charge in [-0.15, -0.1) is 0 Å². The van der Waals surface area contributed by atoms with Crippen molar-refractivity contribution in [2.24, 2.45) is 0 Å². The number of hydrogen-bond acceptors (Lipinski definition) is 3. The van der Waals surface area contributed by atoms with Gasteiger partial charge in [0.05, 0.1) is 11.2 Å². The summed E-state index contributed by atoms with van der Waals surface area (Å²) < 4.78 is 32.1. The number of rotatable bonds is 3. The Morgan fingerprint density at radius 3 is 2.05 bits per heavy atom. The van der Waals surface area contributed by atoms with E-state index in [9.17, 15) is 4.39 Å². The van der Waals surface area contributed by atoms with Gasteiger partial charge >= 0.3 is 7.12 Å². The van der Waals surface area contributed by atoms with Crippen LogP contribution in [0.1, 0.15) is 27.7 Å². The number of halogens is 1. The van der Waals surface area contributed by atoms with Gasteiger partial charge in [0.1, 0.15) is 5.75 Å². The molecular formula is C15H24BFO3Si. The molecule has 1 aliphatic heterocycles. The molecule has 0 saturated carbocycles. The fourth-order valence-corrected chi connectivity index (χ4v) is 2.92. The molecule has 1 heterocycles. The van der Waals surface area contributed by atoms with Crippen molar-refractivity contribution in [2.45, 2.75) is 58.5 Å². The lowest BCUT2D eigenvalue weighted by Gasteiger charge is -2.32. The van der Waals surface area contributed by atoms with Crippen LogP contribution in [0.25, 0.3) is 0 Å². The number of para-hydroxylation sites is 1. The number of benzene rings is 1. The highest BCUT2D eigenvalue weighted by molar-refractivity contribution is 6.71. The SMILES string of the molecule is CC1(C)OB(c2cccc(F)c2O[Si](C)(C)C)OC1(C)C. The van der Waals surface area contributed by atoms with Gasteiger partial charge < -0.3 is 13.7 Å². The topological polar surface area (TPSA) is 27.7 Å². The first-order chi connectivity index (χ1) is 9.43. The van der Waals surface area contributed by atoms with Crippen LogP contribution in [0, 0.1) is 5.82 Å². The molecule has 21 heavy (non-hydrogen) atoms. The third kappa shape index (κ3) is 3.33. The average Bonchev–Trinajstić information content (AvgIpc) is 2.49. The molecule has 1 aromatic rings. The first-order valence-corrected chi connectivity index (χ1v) is 10.7. The predicted octanol–water partition coefficient (Wildman–Crippen LogP) is 3.34. The third-order valence-electron chi connectivity index (χ3n) is 3.91. The summed E-state index contributed by atoms with van der Waals surface area (Å²) in [6.07, 6.45) is 0. The summed E-state index contributed by atoms with van der Waals surface area (Å²) in [5.74, 6) is -0.111. The van der Waals surface area contributed by atoms with Gasteiger partial charge in [0.2, 0.25) is 8.32 Å². The van der Waals surface area contributed by atoms with Crippen LogP contribution in [0.2, 0.25) is 19.6 Å². The van der Waals surface area contributed by atoms with E-state index in [1.54, 1.807) is 12.1 Å². The fourth-order valence-electron chi connectivity index (χ4n) is 2.10. The van der Waals surface area contributed by atoms with E-state index in [2.05, 4.69) is 0 Å². The van der Waals surface area contributed by atoms with Crippen molar-refractivity contribution in [1.29, 1.82) is 0 Å². The van der Waals surface area contributed by atoms with Gasteiger partial charge in [-0.3, -0.25) is 0 Å². The normalized spacial score (nSPS) is 20.7. The maximum atomic E-state index is 14.2. The minimum absolute atomic E-state index is 0.259. The van der Waals surface area contributed by atoms with Gasteiger partial charge in [-0.25, -0.2) is 4.39 Å². The summed E-state index contributed by atoms with van der Waals surface area (Å²) in [6, 6.07) is 4.87. The molecule has 0 N–H and O–H groups in total. The first-order valence-electron chi connectivity index (χ1n) is 7.26. The van der Waals surface area contributed by atoms with Crippen LogP contribution in [0.5, 0.6) is 5.75 Å². The van der Waals surface area contributed by atoms with Crippen molar-refractivity contribution in [3.8, 4) is 5.75 Å². The molecule has 2 rings (SSSR count). The van der Waals surface area contributed by atoms with Crippen molar-refractivity contribution >= 4 is 20.9 Å². The van der Waals surface area contributed by atoms with E-state index in [4.69, 9.17) is 13.7 Å². The largest absolute Gasteiger partial charge is 0.543 e. The Morgan fingerprint density at radius 1 is 1.05 bits per heavy atom. The molecule has 0 bridgehead atoms. The lowest BCUT2D eigenvalue weighted by molar-refractivity contribution is 0.00578. The minimum atomic E-state index is -1.93. The monoisotopic (exact) mass is 310 g/mol. The molecule has 6 heteroatoms. The quantitative estimate of drug-likeness (QED) is 0.802. The standard InChI is InChI=1S/C15H24BFO3Si/c1-14(2)15(3,4)20-16(19-14)11-9-8-10-12(17)13(11)18-21(5,6)7/h8-10H,1-7H3. The second-order valence-electron chi connectivity index (χ2n) is 7.46. The van der Waals surface area contributed by atoms with Crippen LogP contribution >= 0.6 is 0 Å². The Labute approximate surface area is 128 Å². The van der Waals surface area contributed by atoms with E-state index in [0.29, 0.717) is 5.46 Å². The molecule has 0 spiro atoms. The van der Waals surface area contributed by atoms with Crippen molar-refractivity contribution < 1.29 is 18.1 Å². The maximum absolute atomic E-state index is 14.2. The van der Waals surface area contributed by atoms with E-state index in [1.165, 1.54) is 6.07 Å². The highest BCUT2D eigenvalue weighted by atomic mass is 28.4. The molecule has 3 nitrogen and oxygen atoms in total. The molecule has 1 saturated heterocycles. The van der Waals surface area contributed by atoms with Gasteiger partial charge in [-0.1, -0.05) is 12.1 Å². The van der Waals surface area contributed by atoms with Gasteiger partial charge in [-0.2, -0.15) is 0 Å². The zero-order chi connectivity index (χ0) is 16.1. The fraction of sp³-hybridized carbons (Fsp3) is 0.600. The Balaban J connectivity index is 2.40. The predicted molar refractivity (Wildman–Crippen MR) is 86.1 cm³/mol. The molecule has 116 valence electrons. The zero-order valence-corrected chi connectivity index (χ0v) is 14.9. The van der Waals surface area contributed by atoms with Crippen LogP contribution in [-0.4, -0.2) is 26.6 Å². The van der Waals surface area contributed by atoms with Crippen molar-refractivity contribution in [3.63, 3.8) is 0 Å². The molecule has 1 aliphatic rings. The molecule has 0 aliphatic carbocycles. The summed E-state index contributed by atoms with van der Waals surface area (Å²) in [4.78, 5) is 0. The highest BCUT2D eigenvalue weighted by Crippen LogP contribution is 2.37. The molecule has 0 radical (unpaired) electrons. The van der Waals surface area contributed by atoms with Crippen LogP contribution in [-0.2, 0) is 9.31 Å². The van der Waals surface area contributed by atoms with E-state index < -0.39 is 26.6 Å². The summed E-state index contributed by atoms with van der Waals surface area (Å²) in [6.45, 7) is 14.0. The molecule has 0 aromatic heterocycles. The summed E-state index contributed by atoms with van der Waals surface area (Å²) in [5, 5.41) is 0. The molecule has 0 atom stereocenters. The molecule has 1 fully saturated rings. The van der Waals surface area contributed by atoms with Crippen molar-refractivity contribution in [1.82, 2.24) is 0 Å². The van der Waals surface area contributed by atoms with Crippen molar-refractivity contribution in [3.05, 3.63) is 24.0 Å². The van der Waals surface area contributed by atoms with E-state index >= 15 is 0 Å². The van der Waals surface area contributed by atoms with Gasteiger partial charge in [0.25, 0.3) is 0 Å². The van der Waals surface area contributed by atoms with Crippen molar-refractivity contribution in [2.75, 3.05) is 0 Å². The first kappa shape index (κ1) is 16.5. The Kier molecular flexibility index (Phi) is 4.02. The molecule has 0 amide bonds. The average molecular weight is 310 g/mol. The summed E-state index contributed by atoms with van der Waals surface area (Å²) >= 11 is 0. The van der Waals surface area contributed by atoms with Crippen LogP contribution in [0.3, 0.4) is 0 Å².